The number of alkyl halides is 3. The van der Waals surface area contributed by atoms with Crippen molar-refractivity contribution in [3.63, 3.8) is 0 Å². The van der Waals surface area contributed by atoms with Crippen molar-refractivity contribution in [2.75, 3.05) is 11.5 Å². The Morgan fingerprint density at radius 2 is 1.75 bits per heavy atom. The monoisotopic (exact) mass is 232 g/mol. The second kappa shape index (κ2) is 2.99. The van der Waals surface area contributed by atoms with Crippen molar-refractivity contribution in [2.45, 2.75) is 31.4 Å². The van der Waals surface area contributed by atoms with Gasteiger partial charge in [0.25, 0.3) is 0 Å². The van der Waals surface area contributed by atoms with Gasteiger partial charge in [0.1, 0.15) is 11.4 Å². The predicted octanol–water partition coefficient (Wildman–Crippen LogP) is 1.71. The second-order valence-corrected chi connectivity index (χ2v) is 4.25. The molecule has 0 atom stereocenters. The van der Waals surface area contributed by atoms with Crippen LogP contribution in [0.5, 0.6) is 0 Å². The lowest BCUT2D eigenvalue weighted by Gasteiger charge is -2.17. The van der Waals surface area contributed by atoms with Crippen molar-refractivity contribution >= 4 is 11.8 Å². The van der Waals surface area contributed by atoms with E-state index in [0.29, 0.717) is 12.8 Å². The Kier molecular flexibility index (Phi) is 2.05. The summed E-state index contributed by atoms with van der Waals surface area (Å²) in [7, 11) is 0. The first-order valence-corrected chi connectivity index (χ1v) is 4.75. The number of halogens is 3. The van der Waals surface area contributed by atoms with Gasteiger partial charge in [-0.25, -0.2) is 4.98 Å². The fourth-order valence-electron chi connectivity index (χ4n) is 1.64. The Labute approximate surface area is 89.9 Å². The van der Waals surface area contributed by atoms with Crippen LogP contribution in [-0.4, -0.2) is 9.97 Å². The standard InChI is InChI=1S/C9H11F3N4/c1-8(2-3-8)5-4(9(10,11)12)6(13)16-7(14)15-5/h2-3H2,1H3,(H4,13,14,15,16). The van der Waals surface area contributed by atoms with Crippen molar-refractivity contribution in [3.8, 4) is 0 Å². The van der Waals surface area contributed by atoms with Gasteiger partial charge in [0.15, 0.2) is 0 Å². The number of rotatable bonds is 1. The van der Waals surface area contributed by atoms with Gasteiger partial charge in [-0.15, -0.1) is 0 Å². The second-order valence-electron chi connectivity index (χ2n) is 4.25. The molecule has 1 aliphatic carbocycles. The van der Waals surface area contributed by atoms with Crippen LogP contribution in [0.3, 0.4) is 0 Å². The molecule has 0 saturated heterocycles. The molecule has 0 amide bonds. The Balaban J connectivity index is 2.66. The fourth-order valence-corrected chi connectivity index (χ4v) is 1.64. The third kappa shape index (κ3) is 1.66. The molecule has 0 aliphatic heterocycles. The molecule has 0 bridgehead atoms. The first kappa shape index (κ1) is 11.0. The van der Waals surface area contributed by atoms with Gasteiger partial charge in [-0.2, -0.15) is 18.2 Å². The summed E-state index contributed by atoms with van der Waals surface area (Å²) in [4.78, 5) is 7.07. The zero-order chi connectivity index (χ0) is 12.1. The maximum absolute atomic E-state index is 12.8. The van der Waals surface area contributed by atoms with Gasteiger partial charge in [0, 0.05) is 5.41 Å². The normalized spacial score (nSPS) is 18.5. The molecule has 1 aromatic rings. The van der Waals surface area contributed by atoms with Crippen LogP contribution in [-0.2, 0) is 11.6 Å². The summed E-state index contributed by atoms with van der Waals surface area (Å²) >= 11 is 0. The van der Waals surface area contributed by atoms with Gasteiger partial charge in [-0.3, -0.25) is 0 Å². The lowest BCUT2D eigenvalue weighted by Crippen LogP contribution is -2.21. The van der Waals surface area contributed by atoms with Crippen LogP contribution in [0.25, 0.3) is 0 Å². The lowest BCUT2D eigenvalue weighted by molar-refractivity contribution is -0.138. The summed E-state index contributed by atoms with van der Waals surface area (Å²) in [5.74, 6) is -0.809. The summed E-state index contributed by atoms with van der Waals surface area (Å²) in [5.41, 5.74) is 9.03. The molecule has 1 aliphatic rings. The molecule has 4 N–H and O–H groups in total. The number of nitrogens with two attached hydrogens (primary N) is 2. The van der Waals surface area contributed by atoms with Crippen molar-refractivity contribution < 1.29 is 13.2 Å². The van der Waals surface area contributed by atoms with Crippen LogP contribution in [0.1, 0.15) is 31.0 Å². The largest absolute Gasteiger partial charge is 0.421 e. The average Bonchev–Trinajstić information content (AvgIpc) is 2.80. The summed E-state index contributed by atoms with van der Waals surface area (Å²) in [6.07, 6.45) is -3.23. The molecule has 4 nitrogen and oxygen atoms in total. The van der Waals surface area contributed by atoms with Crippen molar-refractivity contribution in [3.05, 3.63) is 11.3 Å². The van der Waals surface area contributed by atoms with Gasteiger partial charge in [-0.05, 0) is 12.8 Å². The molecule has 2 rings (SSSR count). The van der Waals surface area contributed by atoms with E-state index in [1.807, 2.05) is 0 Å². The van der Waals surface area contributed by atoms with Crippen molar-refractivity contribution in [1.82, 2.24) is 9.97 Å². The summed E-state index contributed by atoms with van der Waals surface area (Å²) in [6.45, 7) is 1.71. The maximum Gasteiger partial charge on any atom is 0.421 e. The van der Waals surface area contributed by atoms with E-state index in [1.54, 1.807) is 6.92 Å². The molecule has 1 aromatic heterocycles. The highest BCUT2D eigenvalue weighted by atomic mass is 19.4. The number of nitrogens with zero attached hydrogens (tertiary/aromatic N) is 2. The molecule has 0 radical (unpaired) electrons. The third-order valence-electron chi connectivity index (χ3n) is 2.81. The predicted molar refractivity (Wildman–Crippen MR) is 52.4 cm³/mol. The van der Waals surface area contributed by atoms with Gasteiger partial charge in [0.2, 0.25) is 5.95 Å². The van der Waals surface area contributed by atoms with Crippen LogP contribution >= 0.6 is 0 Å². The zero-order valence-electron chi connectivity index (χ0n) is 8.60. The topological polar surface area (TPSA) is 77.8 Å². The quantitative estimate of drug-likeness (QED) is 0.772. The minimum absolute atomic E-state index is 0.0787. The molecule has 1 saturated carbocycles. The van der Waals surface area contributed by atoms with E-state index < -0.39 is 23.0 Å². The Hall–Kier alpha value is -1.53. The van der Waals surface area contributed by atoms with E-state index in [9.17, 15) is 13.2 Å². The van der Waals surface area contributed by atoms with Crippen molar-refractivity contribution in [1.29, 1.82) is 0 Å². The molecule has 0 aromatic carbocycles. The first-order valence-electron chi connectivity index (χ1n) is 4.75. The maximum atomic E-state index is 12.8. The van der Waals surface area contributed by atoms with Crippen molar-refractivity contribution in [2.24, 2.45) is 0 Å². The van der Waals surface area contributed by atoms with E-state index in [2.05, 4.69) is 9.97 Å². The van der Waals surface area contributed by atoms with Crippen LogP contribution in [0.4, 0.5) is 24.9 Å². The minimum atomic E-state index is -4.54. The molecule has 7 heteroatoms. The highest BCUT2D eigenvalue weighted by Gasteiger charge is 2.49. The van der Waals surface area contributed by atoms with E-state index in [-0.39, 0.29) is 11.6 Å². The van der Waals surface area contributed by atoms with Gasteiger partial charge in [-0.1, -0.05) is 6.92 Å². The molecule has 16 heavy (non-hydrogen) atoms. The molecule has 0 unspecified atom stereocenters. The van der Waals surface area contributed by atoms with Crippen LogP contribution < -0.4 is 11.5 Å². The Morgan fingerprint density at radius 1 is 1.19 bits per heavy atom. The number of hydrogen-bond donors (Lipinski definition) is 2. The van der Waals surface area contributed by atoms with Crippen LogP contribution in [0.2, 0.25) is 0 Å². The Morgan fingerprint density at radius 3 is 2.19 bits per heavy atom. The summed E-state index contributed by atoms with van der Waals surface area (Å²) < 4.78 is 38.4. The molecule has 1 heterocycles. The highest BCUT2D eigenvalue weighted by molar-refractivity contribution is 5.51. The Bertz CT molecular complexity index is 437. The van der Waals surface area contributed by atoms with Crippen LogP contribution in [0, 0.1) is 0 Å². The van der Waals surface area contributed by atoms with E-state index in [4.69, 9.17) is 11.5 Å². The summed E-state index contributed by atoms with van der Waals surface area (Å²) in [6, 6.07) is 0. The third-order valence-corrected chi connectivity index (χ3v) is 2.81. The molecular weight excluding hydrogens is 221 g/mol. The lowest BCUT2D eigenvalue weighted by atomic mass is 9.99. The smallest absolute Gasteiger partial charge is 0.383 e. The minimum Gasteiger partial charge on any atom is -0.383 e. The number of aromatic nitrogens is 2. The van der Waals surface area contributed by atoms with E-state index in [0.717, 1.165) is 0 Å². The molecular formula is C9H11F3N4. The molecule has 1 fully saturated rings. The SMILES string of the molecule is CC1(c2nc(N)nc(N)c2C(F)(F)F)CC1. The molecule has 88 valence electrons. The molecule has 0 spiro atoms. The summed E-state index contributed by atoms with van der Waals surface area (Å²) in [5, 5.41) is 0. The van der Waals surface area contributed by atoms with Gasteiger partial charge in [0.05, 0.1) is 5.69 Å². The van der Waals surface area contributed by atoms with Gasteiger partial charge < -0.3 is 11.5 Å². The number of hydrogen-bond acceptors (Lipinski definition) is 4. The van der Waals surface area contributed by atoms with Crippen LogP contribution in [0.15, 0.2) is 0 Å². The first-order chi connectivity index (χ1) is 7.24. The average molecular weight is 232 g/mol. The van der Waals surface area contributed by atoms with Gasteiger partial charge >= 0.3 is 6.18 Å². The fraction of sp³-hybridized carbons (Fsp3) is 0.556. The van der Waals surface area contributed by atoms with E-state index in [1.165, 1.54) is 0 Å². The van der Waals surface area contributed by atoms with E-state index >= 15 is 0 Å². The number of nitrogen functional groups attached to an aromatic ring is 2. The number of anilines is 2. The zero-order valence-corrected chi connectivity index (χ0v) is 8.60. The highest BCUT2D eigenvalue weighted by Crippen LogP contribution is 2.51.